The van der Waals surface area contributed by atoms with E-state index in [0.717, 1.165) is 16.5 Å². The number of nitrogens with zero attached hydrogens (tertiary/aromatic N) is 4. The Bertz CT molecular complexity index is 1120. The van der Waals surface area contributed by atoms with Crippen LogP contribution in [-0.4, -0.2) is 36.1 Å². The van der Waals surface area contributed by atoms with Gasteiger partial charge < -0.3 is 9.80 Å². The van der Waals surface area contributed by atoms with E-state index < -0.39 is 27.8 Å². The molecule has 1 aliphatic heterocycles. The number of rotatable bonds is 3. The molecule has 1 fully saturated rings. The van der Waals surface area contributed by atoms with Crippen LogP contribution in [0.5, 0.6) is 0 Å². The smallest absolute Gasteiger partial charge is 0.360 e. The minimum absolute atomic E-state index is 0.0483. The summed E-state index contributed by atoms with van der Waals surface area (Å²) in [4.78, 5) is 31.3. The van der Waals surface area contributed by atoms with Crippen molar-refractivity contribution in [2.24, 2.45) is 0 Å². The molecule has 4 rings (SSSR count). The molecule has 152 valence electrons. The van der Waals surface area contributed by atoms with Crippen molar-refractivity contribution in [3.05, 3.63) is 55.7 Å². The summed E-state index contributed by atoms with van der Waals surface area (Å²) in [6.07, 6.45) is -3.06. The number of nitro benzene ring substituents is 1. The Labute approximate surface area is 169 Å². The molecular weight excluding hydrogens is 429 g/mol. The fourth-order valence-electron chi connectivity index (χ4n) is 3.17. The highest BCUT2D eigenvalue weighted by atomic mass is 32.1. The monoisotopic (exact) mass is 442 g/mol. The second kappa shape index (κ2) is 7.26. The lowest BCUT2D eigenvalue weighted by Crippen LogP contribution is -2.46. The first-order valence-corrected chi connectivity index (χ1v) is 10.2. The maximum atomic E-state index is 13.1. The van der Waals surface area contributed by atoms with Gasteiger partial charge in [-0.15, -0.1) is 22.7 Å². The first-order valence-electron chi connectivity index (χ1n) is 8.47. The molecule has 3 heterocycles. The topological polar surface area (TPSA) is 79.6 Å². The first-order chi connectivity index (χ1) is 13.7. The Hall–Kier alpha value is -2.73. The zero-order chi connectivity index (χ0) is 20.8. The molecule has 29 heavy (non-hydrogen) atoms. The zero-order valence-electron chi connectivity index (χ0n) is 14.7. The van der Waals surface area contributed by atoms with E-state index in [1.807, 2.05) is 10.3 Å². The van der Waals surface area contributed by atoms with Crippen LogP contribution in [0.1, 0.15) is 5.56 Å². The molecule has 12 heteroatoms. The summed E-state index contributed by atoms with van der Waals surface area (Å²) in [5.41, 5.74) is -2.57. The lowest BCUT2D eigenvalue weighted by atomic mass is 10.1. The summed E-state index contributed by atoms with van der Waals surface area (Å²) in [6.45, 7) is 2.44. The van der Waals surface area contributed by atoms with Crippen LogP contribution in [0.25, 0.3) is 10.1 Å². The van der Waals surface area contributed by atoms with E-state index in [1.165, 1.54) is 17.4 Å². The molecule has 1 aromatic carbocycles. The fourth-order valence-corrected chi connectivity index (χ4v) is 5.06. The maximum Gasteiger partial charge on any atom is 0.416 e. The number of alkyl halides is 3. The van der Waals surface area contributed by atoms with Crippen molar-refractivity contribution in [3.63, 3.8) is 0 Å². The lowest BCUT2D eigenvalue weighted by Gasteiger charge is -2.35. The standard InChI is InChI=1S/C17H13F3N4O3S2/c18-17(19,20)10-7-11-13(25)9-14(29-15(11)12(8-10)24(26)27)22-2-4-23(5-3-22)16-21-1-6-28-16/h1,6-9H,2-5H2. The van der Waals surface area contributed by atoms with Gasteiger partial charge in [-0.05, 0) is 6.07 Å². The van der Waals surface area contributed by atoms with Gasteiger partial charge in [0.1, 0.15) is 4.70 Å². The average molecular weight is 442 g/mol. The number of fused-ring (bicyclic) bond motifs is 1. The summed E-state index contributed by atoms with van der Waals surface area (Å²) in [5.74, 6) is 0. The van der Waals surface area contributed by atoms with Crippen molar-refractivity contribution < 1.29 is 18.1 Å². The molecule has 0 bridgehead atoms. The molecule has 3 aromatic rings. The molecule has 0 saturated carbocycles. The summed E-state index contributed by atoms with van der Waals surface area (Å²) < 4.78 is 39.2. The molecule has 2 aromatic heterocycles. The van der Waals surface area contributed by atoms with E-state index in [1.54, 1.807) is 6.20 Å². The Kier molecular flexibility index (Phi) is 4.90. The van der Waals surface area contributed by atoms with Gasteiger partial charge in [-0.1, -0.05) is 0 Å². The van der Waals surface area contributed by atoms with Crippen molar-refractivity contribution in [1.82, 2.24) is 4.98 Å². The van der Waals surface area contributed by atoms with Gasteiger partial charge >= 0.3 is 6.18 Å². The number of benzene rings is 1. The van der Waals surface area contributed by atoms with Crippen LogP contribution in [0.3, 0.4) is 0 Å². The molecule has 0 spiro atoms. The van der Waals surface area contributed by atoms with Crippen LogP contribution in [0.2, 0.25) is 0 Å². The van der Waals surface area contributed by atoms with Gasteiger partial charge in [-0.2, -0.15) is 13.2 Å². The molecule has 1 aliphatic rings. The summed E-state index contributed by atoms with van der Waals surface area (Å²) in [6, 6.07) is 2.43. The van der Waals surface area contributed by atoms with E-state index in [2.05, 4.69) is 9.88 Å². The molecule has 0 atom stereocenters. The van der Waals surface area contributed by atoms with Crippen LogP contribution in [0, 0.1) is 10.1 Å². The van der Waals surface area contributed by atoms with E-state index in [0.29, 0.717) is 43.3 Å². The van der Waals surface area contributed by atoms with E-state index in [-0.39, 0.29) is 10.1 Å². The predicted octanol–water partition coefficient (Wildman–Crippen LogP) is 3.97. The van der Waals surface area contributed by atoms with Crippen LogP contribution < -0.4 is 15.2 Å². The average Bonchev–Trinajstić information content (AvgIpc) is 3.21. The minimum Gasteiger partial charge on any atom is -0.360 e. The summed E-state index contributed by atoms with van der Waals surface area (Å²) in [5, 5.41) is 14.4. The first kappa shape index (κ1) is 19.6. The van der Waals surface area contributed by atoms with Crippen LogP contribution in [-0.2, 0) is 6.18 Å². The van der Waals surface area contributed by atoms with E-state index >= 15 is 0 Å². The fraction of sp³-hybridized carbons (Fsp3) is 0.294. The van der Waals surface area contributed by atoms with Crippen LogP contribution in [0.4, 0.5) is 29.0 Å². The molecule has 7 nitrogen and oxygen atoms in total. The second-order valence-electron chi connectivity index (χ2n) is 6.36. The lowest BCUT2D eigenvalue weighted by molar-refractivity contribution is -0.383. The van der Waals surface area contributed by atoms with Crippen LogP contribution in [0.15, 0.2) is 34.6 Å². The molecule has 0 amide bonds. The van der Waals surface area contributed by atoms with E-state index in [4.69, 9.17) is 0 Å². The summed E-state index contributed by atoms with van der Waals surface area (Å²) in [7, 11) is 0. The Morgan fingerprint density at radius 1 is 1.10 bits per heavy atom. The minimum atomic E-state index is -4.78. The molecule has 0 radical (unpaired) electrons. The second-order valence-corrected chi connectivity index (χ2v) is 8.27. The molecule has 1 saturated heterocycles. The predicted molar refractivity (Wildman–Crippen MR) is 106 cm³/mol. The molecule has 0 N–H and O–H groups in total. The third kappa shape index (κ3) is 3.77. The normalized spacial score (nSPS) is 15.1. The SMILES string of the molecule is O=c1cc(N2CCN(c3nccs3)CC2)sc2c([N+](=O)[O-])cc(C(F)(F)F)cc12. The van der Waals surface area contributed by atoms with Gasteiger partial charge in [-0.25, -0.2) is 4.98 Å². The highest BCUT2D eigenvalue weighted by molar-refractivity contribution is 7.22. The third-order valence-corrected chi connectivity index (χ3v) is 6.65. The number of aromatic nitrogens is 1. The number of nitro groups is 1. The number of piperazine rings is 1. The van der Waals surface area contributed by atoms with Crippen molar-refractivity contribution in [2.75, 3.05) is 36.0 Å². The third-order valence-electron chi connectivity index (χ3n) is 4.60. The van der Waals surface area contributed by atoms with Crippen molar-refractivity contribution >= 4 is 48.6 Å². The quantitative estimate of drug-likeness (QED) is 0.451. The van der Waals surface area contributed by atoms with E-state index in [9.17, 15) is 28.1 Å². The van der Waals surface area contributed by atoms with Gasteiger partial charge in [0.05, 0.1) is 15.5 Å². The van der Waals surface area contributed by atoms with Gasteiger partial charge in [0.15, 0.2) is 10.6 Å². The van der Waals surface area contributed by atoms with Gasteiger partial charge in [-0.3, -0.25) is 14.9 Å². The Balaban J connectivity index is 1.71. The van der Waals surface area contributed by atoms with Gasteiger partial charge in [0.2, 0.25) is 0 Å². The van der Waals surface area contributed by atoms with Gasteiger partial charge in [0.25, 0.3) is 5.69 Å². The van der Waals surface area contributed by atoms with Crippen molar-refractivity contribution in [3.8, 4) is 0 Å². The number of hydrogen-bond donors (Lipinski definition) is 0. The number of non-ortho nitro benzene ring substituents is 1. The molecule has 0 unspecified atom stereocenters. The molecule has 0 aliphatic carbocycles. The molecular formula is C17H13F3N4O3S2. The Morgan fingerprint density at radius 2 is 1.79 bits per heavy atom. The van der Waals surface area contributed by atoms with Crippen molar-refractivity contribution in [1.29, 1.82) is 0 Å². The maximum absolute atomic E-state index is 13.1. The van der Waals surface area contributed by atoms with Crippen LogP contribution >= 0.6 is 22.7 Å². The van der Waals surface area contributed by atoms with Crippen molar-refractivity contribution in [2.45, 2.75) is 6.18 Å². The number of halogens is 3. The largest absolute Gasteiger partial charge is 0.416 e. The Morgan fingerprint density at radius 3 is 2.38 bits per heavy atom. The number of anilines is 2. The summed E-state index contributed by atoms with van der Waals surface area (Å²) >= 11 is 2.49. The highest BCUT2D eigenvalue weighted by Gasteiger charge is 2.34. The number of hydrogen-bond acceptors (Lipinski definition) is 8. The highest BCUT2D eigenvalue weighted by Crippen LogP contribution is 2.39. The number of thiazole rings is 1. The zero-order valence-corrected chi connectivity index (χ0v) is 16.3. The van der Waals surface area contributed by atoms with Gasteiger partial charge in [0, 0.05) is 55.3 Å².